The molecule has 14 heavy (non-hydrogen) atoms. The highest BCUT2D eigenvalue weighted by atomic mass is 16.7. The van der Waals surface area contributed by atoms with Crippen molar-refractivity contribution in [2.24, 2.45) is 11.8 Å². The van der Waals surface area contributed by atoms with Gasteiger partial charge >= 0.3 is 0 Å². The smallest absolute Gasteiger partial charge is 0.253 e. The van der Waals surface area contributed by atoms with Crippen molar-refractivity contribution >= 4 is 0 Å². The van der Waals surface area contributed by atoms with Crippen LogP contribution in [0.25, 0.3) is 0 Å². The highest BCUT2D eigenvalue weighted by Gasteiger charge is 2.34. The molecule has 2 heteroatoms. The molecule has 1 heterocycles. The fourth-order valence-electron chi connectivity index (χ4n) is 1.39. The third-order valence-electron chi connectivity index (χ3n) is 2.57. The summed E-state index contributed by atoms with van der Waals surface area (Å²) in [4.78, 5) is 0. The second-order valence-corrected chi connectivity index (χ2v) is 3.47. The Labute approximate surface area is 86.3 Å². The summed E-state index contributed by atoms with van der Waals surface area (Å²) < 4.78 is 10.9. The van der Waals surface area contributed by atoms with Crippen LogP contribution < -0.4 is 0 Å². The molecule has 1 aliphatic heterocycles. The molecule has 0 aliphatic carbocycles. The normalized spacial score (nSPS) is 34.5. The van der Waals surface area contributed by atoms with Crippen LogP contribution in [0, 0.1) is 31.1 Å². The van der Waals surface area contributed by atoms with Crippen molar-refractivity contribution in [2.75, 3.05) is 13.2 Å². The monoisotopic (exact) mass is 192 g/mol. The van der Waals surface area contributed by atoms with Crippen molar-refractivity contribution in [1.82, 2.24) is 0 Å². The number of rotatable bonds is 3. The van der Waals surface area contributed by atoms with Gasteiger partial charge in [-0.3, -0.25) is 0 Å². The zero-order valence-corrected chi connectivity index (χ0v) is 8.53. The maximum atomic E-state index is 5.88. The van der Waals surface area contributed by atoms with Gasteiger partial charge < -0.3 is 9.47 Å². The first-order valence-corrected chi connectivity index (χ1v) is 4.82. The fourth-order valence-corrected chi connectivity index (χ4v) is 1.39. The van der Waals surface area contributed by atoms with Gasteiger partial charge in [0.1, 0.15) is 0 Å². The molecule has 0 aromatic carbocycles. The molecule has 0 saturated carbocycles. The van der Waals surface area contributed by atoms with E-state index in [1.54, 1.807) is 0 Å². The van der Waals surface area contributed by atoms with E-state index in [1.165, 1.54) is 6.08 Å². The lowest BCUT2D eigenvalue weighted by Gasteiger charge is -2.36. The Balaban J connectivity index is 2.54. The Hall–Kier alpha value is -0.780. The highest BCUT2D eigenvalue weighted by Crippen LogP contribution is 2.27. The molecular weight excluding hydrogens is 176 g/mol. The van der Waals surface area contributed by atoms with Crippen molar-refractivity contribution in [1.29, 1.82) is 0 Å². The van der Waals surface area contributed by atoms with E-state index in [2.05, 4.69) is 12.5 Å². The van der Waals surface area contributed by atoms with Crippen LogP contribution in [0.5, 0.6) is 0 Å². The Kier molecular flexibility index (Phi) is 3.74. The average Bonchev–Trinajstić information content (AvgIpc) is 2.28. The lowest BCUT2D eigenvalue weighted by atomic mass is 9.92. The number of terminal acetylenes is 1. The molecule has 1 atom stereocenters. The van der Waals surface area contributed by atoms with Crippen molar-refractivity contribution in [2.45, 2.75) is 19.1 Å². The Morgan fingerprint density at radius 2 is 2.21 bits per heavy atom. The van der Waals surface area contributed by atoms with E-state index in [9.17, 15) is 0 Å². The van der Waals surface area contributed by atoms with Crippen molar-refractivity contribution < 1.29 is 9.47 Å². The zero-order chi connectivity index (χ0) is 10.6. The third kappa shape index (κ3) is 2.17. The van der Waals surface area contributed by atoms with E-state index >= 15 is 0 Å². The summed E-state index contributed by atoms with van der Waals surface area (Å²) in [5.74, 6) is 1.73. The van der Waals surface area contributed by atoms with Crippen molar-refractivity contribution in [3.8, 4) is 12.3 Å². The number of hydrogen-bond acceptors (Lipinski definition) is 2. The molecule has 0 N–H and O–H groups in total. The molecule has 2 radical (unpaired) electrons. The first-order valence-electron chi connectivity index (χ1n) is 4.82. The number of hydrogen-bond donors (Lipinski definition) is 0. The van der Waals surface area contributed by atoms with Crippen LogP contribution in [0.2, 0.25) is 0 Å². The molecule has 76 valence electrons. The summed E-state index contributed by atoms with van der Waals surface area (Å²) in [5.41, 5.74) is 0. The lowest BCUT2D eigenvalue weighted by molar-refractivity contribution is -0.225. The molecule has 2 nitrogen and oxygen atoms in total. The van der Waals surface area contributed by atoms with E-state index in [0.717, 1.165) is 6.42 Å². The molecule has 0 aromatic heterocycles. The highest BCUT2D eigenvalue weighted by molar-refractivity contribution is 5.13. The first-order chi connectivity index (χ1) is 6.67. The van der Waals surface area contributed by atoms with Gasteiger partial charge in [-0.2, -0.15) is 0 Å². The summed E-state index contributed by atoms with van der Waals surface area (Å²) in [6.07, 6.45) is 7.71. The quantitative estimate of drug-likeness (QED) is 0.502. The van der Waals surface area contributed by atoms with E-state index in [4.69, 9.17) is 22.8 Å². The molecule has 1 saturated heterocycles. The lowest BCUT2D eigenvalue weighted by Crippen LogP contribution is -2.43. The summed E-state index contributed by atoms with van der Waals surface area (Å²) >= 11 is 0. The number of ether oxygens (including phenoxy) is 2. The zero-order valence-electron chi connectivity index (χ0n) is 8.53. The van der Waals surface area contributed by atoms with Crippen LogP contribution in [-0.2, 0) is 9.47 Å². The van der Waals surface area contributed by atoms with E-state index < -0.39 is 5.79 Å². The third-order valence-corrected chi connectivity index (χ3v) is 2.57. The fraction of sp³-hybridized carbons (Fsp3) is 0.583. The predicted molar refractivity (Wildman–Crippen MR) is 55.2 cm³/mol. The maximum absolute atomic E-state index is 5.88. The molecule has 1 aliphatic rings. The van der Waals surface area contributed by atoms with Gasteiger partial charge in [0.2, 0.25) is 0 Å². The maximum Gasteiger partial charge on any atom is 0.253 e. The van der Waals surface area contributed by atoms with Crippen LogP contribution in [0.1, 0.15) is 13.3 Å². The second kappa shape index (κ2) is 4.63. The van der Waals surface area contributed by atoms with Gasteiger partial charge in [-0.1, -0.05) is 19.9 Å². The minimum atomic E-state index is -1.04. The van der Waals surface area contributed by atoms with Crippen LogP contribution in [0.15, 0.2) is 12.7 Å². The topological polar surface area (TPSA) is 18.5 Å². The Bertz CT molecular complexity index is 231. The Morgan fingerprint density at radius 1 is 1.64 bits per heavy atom. The molecule has 0 spiro atoms. The van der Waals surface area contributed by atoms with Gasteiger partial charge in [-0.15, -0.1) is 6.42 Å². The molecule has 1 rings (SSSR count). The first kappa shape index (κ1) is 11.3. The molecule has 0 amide bonds. The molecule has 1 unspecified atom stereocenters. The van der Waals surface area contributed by atoms with E-state index in [-0.39, 0.29) is 11.8 Å². The van der Waals surface area contributed by atoms with Gasteiger partial charge in [0.05, 0.1) is 13.2 Å². The van der Waals surface area contributed by atoms with Crippen LogP contribution in [-0.4, -0.2) is 19.0 Å². The average molecular weight is 192 g/mol. The minimum absolute atomic E-state index is 0.107. The summed E-state index contributed by atoms with van der Waals surface area (Å²) in [7, 11) is 0. The second-order valence-electron chi connectivity index (χ2n) is 3.47. The largest absolute Gasteiger partial charge is 0.336 e. The summed E-state index contributed by atoms with van der Waals surface area (Å²) in [5, 5.41) is 0. The van der Waals surface area contributed by atoms with Crippen LogP contribution in [0.4, 0.5) is 0 Å². The van der Waals surface area contributed by atoms with E-state index in [1.807, 2.05) is 6.92 Å². The molecule has 0 bridgehead atoms. The van der Waals surface area contributed by atoms with Crippen molar-refractivity contribution in [3.63, 3.8) is 0 Å². The summed E-state index contributed by atoms with van der Waals surface area (Å²) in [6.45, 7) is 12.6. The minimum Gasteiger partial charge on any atom is -0.336 e. The molecule has 0 aromatic rings. The van der Waals surface area contributed by atoms with Gasteiger partial charge in [-0.05, 0) is 24.8 Å². The molecular formula is C12H16O2. The summed E-state index contributed by atoms with van der Waals surface area (Å²) in [6, 6.07) is 0. The van der Waals surface area contributed by atoms with Crippen LogP contribution >= 0.6 is 0 Å². The SMILES string of the molecule is [CH]C(CC)C1COC(C#C)(C=C)OC1. The molecule has 1 fully saturated rings. The van der Waals surface area contributed by atoms with Gasteiger partial charge in [0.25, 0.3) is 5.79 Å². The standard InChI is InChI=1S/C12H16O2/c1-5-10(4)11-8-13-12(6-2,7-3)14-9-11/h2,4,7,10-11H,3,5,8-9H2,1H3. The predicted octanol–water partition coefficient (Wildman–Crippen LogP) is 1.90. The van der Waals surface area contributed by atoms with Gasteiger partial charge in [0.15, 0.2) is 0 Å². The Morgan fingerprint density at radius 3 is 2.57 bits per heavy atom. The van der Waals surface area contributed by atoms with Crippen molar-refractivity contribution in [3.05, 3.63) is 19.6 Å². The van der Waals surface area contributed by atoms with Gasteiger partial charge in [-0.25, -0.2) is 0 Å². The van der Waals surface area contributed by atoms with E-state index in [0.29, 0.717) is 13.2 Å². The van der Waals surface area contributed by atoms with Gasteiger partial charge in [0, 0.05) is 5.92 Å². The van der Waals surface area contributed by atoms with Crippen LogP contribution in [0.3, 0.4) is 0 Å².